The molecular formula is C24H23N5O5. The first-order valence-corrected chi connectivity index (χ1v) is 10.5. The van der Waals surface area contributed by atoms with Crippen molar-refractivity contribution >= 4 is 17.1 Å². The van der Waals surface area contributed by atoms with Crippen LogP contribution in [0.25, 0.3) is 11.2 Å². The molecule has 0 aliphatic heterocycles. The fraction of sp³-hybridized carbons (Fsp3) is 0.208. The number of methoxy groups -OCH3 is 2. The standard InChI is InChI=1S/C24H23N5O5/c1-33-18-5-6-20(34-2)17(12-18)13-27-21(30)15-28-19-4-3-9-26-22(19)29(24(32)23(28)31)14-16-7-10-25-11-8-16/h3-12H,13-15H2,1-2H3,(H,27,30). The van der Waals surface area contributed by atoms with E-state index in [9.17, 15) is 14.4 Å². The van der Waals surface area contributed by atoms with Gasteiger partial charge in [0.25, 0.3) is 0 Å². The minimum Gasteiger partial charge on any atom is -0.497 e. The Labute approximate surface area is 194 Å². The van der Waals surface area contributed by atoms with Crippen molar-refractivity contribution in [2.24, 2.45) is 0 Å². The van der Waals surface area contributed by atoms with E-state index >= 15 is 0 Å². The Hall–Kier alpha value is -4.47. The van der Waals surface area contributed by atoms with Crippen LogP contribution in [-0.4, -0.2) is 39.2 Å². The van der Waals surface area contributed by atoms with E-state index in [0.29, 0.717) is 28.2 Å². The highest BCUT2D eigenvalue weighted by Gasteiger charge is 2.17. The number of nitrogens with one attached hydrogen (secondary N) is 1. The van der Waals surface area contributed by atoms with Gasteiger partial charge in [-0.3, -0.25) is 28.5 Å². The molecule has 0 atom stereocenters. The van der Waals surface area contributed by atoms with Crippen molar-refractivity contribution in [3.8, 4) is 11.5 Å². The Balaban J connectivity index is 1.62. The third kappa shape index (κ3) is 4.65. The summed E-state index contributed by atoms with van der Waals surface area (Å²) in [6.07, 6.45) is 4.76. The predicted octanol–water partition coefficient (Wildman–Crippen LogP) is 1.34. The Morgan fingerprint density at radius 2 is 1.74 bits per heavy atom. The van der Waals surface area contributed by atoms with Crippen LogP contribution in [0.3, 0.4) is 0 Å². The molecule has 0 spiro atoms. The van der Waals surface area contributed by atoms with Crippen LogP contribution in [0.4, 0.5) is 0 Å². The van der Waals surface area contributed by atoms with Crippen molar-refractivity contribution in [1.29, 1.82) is 0 Å². The molecule has 0 aliphatic carbocycles. The summed E-state index contributed by atoms with van der Waals surface area (Å²) in [7, 11) is 3.08. The second kappa shape index (κ2) is 9.99. The maximum absolute atomic E-state index is 13.0. The van der Waals surface area contributed by atoms with Gasteiger partial charge in [-0.1, -0.05) is 0 Å². The van der Waals surface area contributed by atoms with E-state index < -0.39 is 17.0 Å². The summed E-state index contributed by atoms with van der Waals surface area (Å²) in [6.45, 7) is -0.0192. The third-order valence-electron chi connectivity index (χ3n) is 5.34. The van der Waals surface area contributed by atoms with Gasteiger partial charge in [-0.05, 0) is 48.0 Å². The van der Waals surface area contributed by atoms with Crippen molar-refractivity contribution < 1.29 is 14.3 Å². The lowest BCUT2D eigenvalue weighted by Gasteiger charge is -2.15. The van der Waals surface area contributed by atoms with Crippen LogP contribution < -0.4 is 25.9 Å². The molecule has 1 N–H and O–H groups in total. The Morgan fingerprint density at radius 1 is 0.971 bits per heavy atom. The van der Waals surface area contributed by atoms with Gasteiger partial charge in [0.2, 0.25) is 5.91 Å². The number of hydrogen-bond acceptors (Lipinski definition) is 7. The predicted molar refractivity (Wildman–Crippen MR) is 125 cm³/mol. The molecule has 10 nitrogen and oxygen atoms in total. The molecule has 0 fully saturated rings. The van der Waals surface area contributed by atoms with Gasteiger partial charge in [-0.15, -0.1) is 0 Å². The monoisotopic (exact) mass is 461 g/mol. The van der Waals surface area contributed by atoms with Crippen LogP contribution in [0.15, 0.2) is 70.6 Å². The molecule has 10 heteroatoms. The molecular weight excluding hydrogens is 438 g/mol. The average Bonchev–Trinajstić information content (AvgIpc) is 2.88. The number of ether oxygens (including phenoxy) is 2. The first kappa shape index (κ1) is 22.7. The topological polar surface area (TPSA) is 117 Å². The minimum atomic E-state index is -0.802. The van der Waals surface area contributed by atoms with E-state index in [4.69, 9.17) is 9.47 Å². The molecule has 4 rings (SSSR count). The number of rotatable bonds is 8. The Kier molecular flexibility index (Phi) is 6.67. The Bertz CT molecular complexity index is 1450. The fourth-order valence-corrected chi connectivity index (χ4v) is 3.63. The SMILES string of the molecule is COc1ccc(OC)c(CNC(=O)Cn2c(=O)c(=O)n(Cc3ccncc3)c3ncccc32)c1. The van der Waals surface area contributed by atoms with Crippen LogP contribution in [0.2, 0.25) is 0 Å². The van der Waals surface area contributed by atoms with Crippen molar-refractivity contribution in [1.82, 2.24) is 24.4 Å². The van der Waals surface area contributed by atoms with Gasteiger partial charge in [0, 0.05) is 30.7 Å². The molecule has 0 saturated carbocycles. The molecule has 4 aromatic rings. The van der Waals surface area contributed by atoms with Gasteiger partial charge in [0.05, 0.1) is 26.3 Å². The molecule has 3 heterocycles. The Morgan fingerprint density at radius 3 is 2.47 bits per heavy atom. The zero-order valence-electron chi connectivity index (χ0n) is 18.7. The van der Waals surface area contributed by atoms with Gasteiger partial charge in [-0.2, -0.15) is 0 Å². The lowest BCUT2D eigenvalue weighted by Crippen LogP contribution is -2.44. The zero-order chi connectivity index (χ0) is 24.1. The first-order valence-electron chi connectivity index (χ1n) is 10.5. The lowest BCUT2D eigenvalue weighted by molar-refractivity contribution is -0.121. The number of carbonyl (C=O) groups excluding carboxylic acids is 1. The van der Waals surface area contributed by atoms with Crippen molar-refractivity contribution in [3.05, 3.63) is 92.9 Å². The van der Waals surface area contributed by atoms with Crippen LogP contribution in [0.1, 0.15) is 11.1 Å². The number of hydrogen-bond donors (Lipinski definition) is 1. The molecule has 174 valence electrons. The highest BCUT2D eigenvalue weighted by atomic mass is 16.5. The van der Waals surface area contributed by atoms with E-state index in [1.807, 2.05) is 0 Å². The summed E-state index contributed by atoms with van der Waals surface area (Å²) in [5.41, 5.74) is 0.642. The van der Waals surface area contributed by atoms with Gasteiger partial charge >= 0.3 is 11.1 Å². The normalized spacial score (nSPS) is 10.8. The first-order chi connectivity index (χ1) is 16.5. The van der Waals surface area contributed by atoms with Crippen LogP contribution in [0, 0.1) is 0 Å². The van der Waals surface area contributed by atoms with Gasteiger partial charge < -0.3 is 14.8 Å². The van der Waals surface area contributed by atoms with Crippen LogP contribution >= 0.6 is 0 Å². The average molecular weight is 461 g/mol. The molecule has 0 aliphatic rings. The van der Waals surface area contributed by atoms with Gasteiger partial charge in [0.1, 0.15) is 18.0 Å². The number of nitrogens with zero attached hydrogens (tertiary/aromatic N) is 4. The summed E-state index contributed by atoms with van der Waals surface area (Å²) in [5, 5.41) is 2.77. The molecule has 0 unspecified atom stereocenters. The second-order valence-corrected chi connectivity index (χ2v) is 7.44. The number of amides is 1. The van der Waals surface area contributed by atoms with E-state index in [0.717, 1.165) is 10.1 Å². The maximum Gasteiger partial charge on any atom is 0.318 e. The minimum absolute atomic E-state index is 0.156. The fourth-order valence-electron chi connectivity index (χ4n) is 3.63. The number of aromatic nitrogens is 4. The number of pyridine rings is 2. The number of fused-ring (bicyclic) bond motifs is 1. The molecule has 1 amide bonds. The van der Waals surface area contributed by atoms with Crippen molar-refractivity contribution in [2.45, 2.75) is 19.6 Å². The second-order valence-electron chi connectivity index (χ2n) is 7.44. The molecule has 0 bridgehead atoms. The molecule has 1 aromatic carbocycles. The zero-order valence-corrected chi connectivity index (χ0v) is 18.7. The lowest BCUT2D eigenvalue weighted by atomic mass is 10.2. The number of benzene rings is 1. The molecule has 0 radical (unpaired) electrons. The summed E-state index contributed by atoms with van der Waals surface area (Å²) in [4.78, 5) is 46.9. The summed E-state index contributed by atoms with van der Waals surface area (Å²) >= 11 is 0. The molecule has 0 saturated heterocycles. The quantitative estimate of drug-likeness (QED) is 0.394. The molecule has 3 aromatic heterocycles. The largest absolute Gasteiger partial charge is 0.497 e. The van der Waals surface area contributed by atoms with Crippen molar-refractivity contribution in [2.75, 3.05) is 14.2 Å². The highest BCUT2D eigenvalue weighted by molar-refractivity contribution is 5.79. The molecule has 34 heavy (non-hydrogen) atoms. The third-order valence-corrected chi connectivity index (χ3v) is 5.34. The highest BCUT2D eigenvalue weighted by Crippen LogP contribution is 2.23. The van der Waals surface area contributed by atoms with E-state index in [2.05, 4.69) is 15.3 Å². The maximum atomic E-state index is 13.0. The van der Waals surface area contributed by atoms with Crippen molar-refractivity contribution in [3.63, 3.8) is 0 Å². The summed E-state index contributed by atoms with van der Waals surface area (Å²) in [6, 6.07) is 12.1. The summed E-state index contributed by atoms with van der Waals surface area (Å²) in [5.74, 6) is 0.770. The van der Waals surface area contributed by atoms with Crippen LogP contribution in [-0.2, 0) is 24.4 Å². The van der Waals surface area contributed by atoms with Gasteiger partial charge in [0.15, 0.2) is 5.65 Å². The van der Waals surface area contributed by atoms with E-state index in [1.165, 1.54) is 17.9 Å². The summed E-state index contributed by atoms with van der Waals surface area (Å²) < 4.78 is 13.0. The van der Waals surface area contributed by atoms with E-state index in [-0.39, 0.29) is 19.6 Å². The smallest absolute Gasteiger partial charge is 0.318 e. The number of carbonyl (C=O) groups is 1. The van der Waals surface area contributed by atoms with Crippen LogP contribution in [0.5, 0.6) is 11.5 Å². The van der Waals surface area contributed by atoms with E-state index in [1.54, 1.807) is 62.0 Å². The van der Waals surface area contributed by atoms with Gasteiger partial charge in [-0.25, -0.2) is 4.98 Å².